The molecule has 0 saturated heterocycles. The van der Waals surface area contributed by atoms with Crippen LogP contribution >= 0.6 is 11.3 Å². The third-order valence-electron chi connectivity index (χ3n) is 3.76. The summed E-state index contributed by atoms with van der Waals surface area (Å²) < 4.78 is 11.6. The minimum Gasteiger partial charge on any atom is -0.483 e. The SMILES string of the molecule is CC(NC(=O)COc1cccc2c1OC(C)(C)C2)c1cccs1. The zero-order chi connectivity index (χ0) is 16.4. The normalized spacial score (nSPS) is 16.3. The van der Waals surface area contributed by atoms with E-state index in [4.69, 9.17) is 9.47 Å². The van der Waals surface area contributed by atoms with Crippen LogP contribution in [0.1, 0.15) is 37.3 Å². The highest BCUT2D eigenvalue weighted by molar-refractivity contribution is 7.10. The molecule has 0 radical (unpaired) electrons. The molecular weight excluding hydrogens is 310 g/mol. The molecule has 4 nitrogen and oxygen atoms in total. The molecule has 1 aromatic carbocycles. The van der Waals surface area contributed by atoms with Gasteiger partial charge in [0.25, 0.3) is 5.91 Å². The number of hydrogen-bond acceptors (Lipinski definition) is 4. The van der Waals surface area contributed by atoms with Crippen molar-refractivity contribution in [2.45, 2.75) is 38.8 Å². The summed E-state index contributed by atoms with van der Waals surface area (Å²) in [5, 5.41) is 4.94. The second-order valence-electron chi connectivity index (χ2n) is 6.38. The van der Waals surface area contributed by atoms with Crippen molar-refractivity contribution in [3.05, 3.63) is 46.2 Å². The van der Waals surface area contributed by atoms with Crippen molar-refractivity contribution < 1.29 is 14.3 Å². The number of amides is 1. The van der Waals surface area contributed by atoms with E-state index in [2.05, 4.69) is 5.32 Å². The Labute approximate surface area is 140 Å². The molecule has 0 bridgehead atoms. The number of thiophene rings is 1. The largest absolute Gasteiger partial charge is 0.483 e. The predicted molar refractivity (Wildman–Crippen MR) is 91.2 cm³/mol. The first-order valence-electron chi connectivity index (χ1n) is 7.71. The number of hydrogen-bond donors (Lipinski definition) is 1. The van der Waals surface area contributed by atoms with Crippen LogP contribution < -0.4 is 14.8 Å². The lowest BCUT2D eigenvalue weighted by Gasteiger charge is -2.18. The van der Waals surface area contributed by atoms with Crippen LogP contribution in [-0.4, -0.2) is 18.1 Å². The number of nitrogens with one attached hydrogen (secondary N) is 1. The molecule has 5 heteroatoms. The third-order valence-corrected chi connectivity index (χ3v) is 4.82. The fraction of sp³-hybridized carbons (Fsp3) is 0.389. The van der Waals surface area contributed by atoms with Crippen molar-refractivity contribution in [3.63, 3.8) is 0 Å². The first-order chi connectivity index (χ1) is 10.9. The molecule has 2 heterocycles. The highest BCUT2D eigenvalue weighted by atomic mass is 32.1. The predicted octanol–water partition coefficient (Wildman–Crippen LogP) is 3.72. The average Bonchev–Trinajstić information content (AvgIpc) is 3.10. The molecule has 1 N–H and O–H groups in total. The second kappa shape index (κ2) is 6.24. The van der Waals surface area contributed by atoms with E-state index in [9.17, 15) is 4.79 Å². The number of carbonyl (C=O) groups excluding carboxylic acids is 1. The van der Waals surface area contributed by atoms with E-state index in [0.717, 1.165) is 22.6 Å². The van der Waals surface area contributed by atoms with E-state index in [0.29, 0.717) is 5.75 Å². The molecule has 1 aromatic heterocycles. The molecule has 1 atom stereocenters. The molecule has 1 aliphatic heterocycles. The maximum Gasteiger partial charge on any atom is 0.258 e. The fourth-order valence-corrected chi connectivity index (χ4v) is 3.47. The highest BCUT2D eigenvalue weighted by Crippen LogP contribution is 2.41. The number of carbonyl (C=O) groups is 1. The Kier molecular flexibility index (Phi) is 4.31. The standard InChI is InChI=1S/C18H21NO3S/c1-12(15-8-5-9-23-15)19-16(20)11-21-14-7-4-6-13-10-18(2,3)22-17(13)14/h4-9,12H,10-11H2,1-3H3,(H,19,20). The van der Waals surface area contributed by atoms with Gasteiger partial charge in [-0.15, -0.1) is 11.3 Å². The topological polar surface area (TPSA) is 47.6 Å². The van der Waals surface area contributed by atoms with Gasteiger partial charge in [-0.05, 0) is 38.3 Å². The van der Waals surface area contributed by atoms with Gasteiger partial charge < -0.3 is 14.8 Å². The van der Waals surface area contributed by atoms with E-state index in [1.54, 1.807) is 11.3 Å². The molecule has 0 saturated carbocycles. The zero-order valence-electron chi connectivity index (χ0n) is 13.6. The molecule has 23 heavy (non-hydrogen) atoms. The van der Waals surface area contributed by atoms with Gasteiger partial charge in [0.05, 0.1) is 6.04 Å². The minimum absolute atomic E-state index is 0.0113. The minimum atomic E-state index is -0.224. The van der Waals surface area contributed by atoms with Crippen LogP contribution in [0, 0.1) is 0 Å². The molecule has 0 aliphatic carbocycles. The lowest BCUT2D eigenvalue weighted by Crippen LogP contribution is -2.31. The Hall–Kier alpha value is -2.01. The molecule has 1 unspecified atom stereocenters. The van der Waals surface area contributed by atoms with Gasteiger partial charge in [-0.25, -0.2) is 0 Å². The number of rotatable bonds is 5. The van der Waals surface area contributed by atoms with Gasteiger partial charge in [0.1, 0.15) is 5.60 Å². The van der Waals surface area contributed by atoms with Gasteiger partial charge in [0.15, 0.2) is 18.1 Å². The van der Waals surface area contributed by atoms with Crippen molar-refractivity contribution in [2.75, 3.05) is 6.61 Å². The van der Waals surface area contributed by atoms with Gasteiger partial charge in [-0.3, -0.25) is 4.79 Å². The van der Waals surface area contributed by atoms with Crippen LogP contribution in [0.15, 0.2) is 35.7 Å². The van der Waals surface area contributed by atoms with E-state index >= 15 is 0 Å². The number of fused-ring (bicyclic) bond motifs is 1. The third kappa shape index (κ3) is 3.67. The van der Waals surface area contributed by atoms with Crippen molar-refractivity contribution in [1.29, 1.82) is 0 Å². The van der Waals surface area contributed by atoms with Crippen molar-refractivity contribution in [1.82, 2.24) is 5.32 Å². The Morgan fingerprint density at radius 2 is 2.22 bits per heavy atom. The molecule has 0 fully saturated rings. The zero-order valence-corrected chi connectivity index (χ0v) is 14.4. The molecule has 1 amide bonds. The first-order valence-corrected chi connectivity index (χ1v) is 8.59. The average molecular weight is 331 g/mol. The van der Waals surface area contributed by atoms with Crippen molar-refractivity contribution >= 4 is 17.2 Å². The van der Waals surface area contributed by atoms with Crippen LogP contribution in [0.5, 0.6) is 11.5 Å². The molecule has 3 rings (SSSR count). The molecular formula is C18H21NO3S. The van der Waals surface area contributed by atoms with Crippen molar-refractivity contribution in [3.8, 4) is 11.5 Å². The maximum atomic E-state index is 12.1. The Morgan fingerprint density at radius 3 is 2.96 bits per heavy atom. The van der Waals surface area contributed by atoms with Crippen LogP contribution in [0.25, 0.3) is 0 Å². The van der Waals surface area contributed by atoms with Crippen LogP contribution in [0.4, 0.5) is 0 Å². The Bertz CT molecular complexity index is 694. The monoisotopic (exact) mass is 331 g/mol. The fourth-order valence-electron chi connectivity index (χ4n) is 2.74. The summed E-state index contributed by atoms with van der Waals surface area (Å²) in [5.41, 5.74) is 0.900. The van der Waals surface area contributed by atoms with Gasteiger partial charge in [0, 0.05) is 16.9 Å². The highest BCUT2D eigenvalue weighted by Gasteiger charge is 2.32. The second-order valence-corrected chi connectivity index (χ2v) is 7.36. The molecule has 1 aliphatic rings. The summed E-state index contributed by atoms with van der Waals surface area (Å²) in [6.07, 6.45) is 0.848. The lowest BCUT2D eigenvalue weighted by atomic mass is 10.0. The van der Waals surface area contributed by atoms with Crippen molar-refractivity contribution in [2.24, 2.45) is 0 Å². The summed E-state index contributed by atoms with van der Waals surface area (Å²) in [7, 11) is 0. The summed E-state index contributed by atoms with van der Waals surface area (Å²) in [5.74, 6) is 1.25. The van der Waals surface area contributed by atoms with Gasteiger partial charge >= 0.3 is 0 Å². The smallest absolute Gasteiger partial charge is 0.258 e. The van der Waals surface area contributed by atoms with E-state index in [1.807, 2.05) is 56.5 Å². The quantitative estimate of drug-likeness (QED) is 0.908. The molecule has 122 valence electrons. The van der Waals surface area contributed by atoms with Crippen LogP contribution in [0.3, 0.4) is 0 Å². The Morgan fingerprint density at radius 1 is 1.39 bits per heavy atom. The lowest BCUT2D eigenvalue weighted by molar-refractivity contribution is -0.123. The van der Waals surface area contributed by atoms with E-state index in [1.165, 1.54) is 0 Å². The summed E-state index contributed by atoms with van der Waals surface area (Å²) in [6.45, 7) is 6.05. The van der Waals surface area contributed by atoms with Gasteiger partial charge in [-0.1, -0.05) is 18.2 Å². The van der Waals surface area contributed by atoms with E-state index in [-0.39, 0.29) is 24.2 Å². The van der Waals surface area contributed by atoms with Crippen LogP contribution in [-0.2, 0) is 11.2 Å². The number of para-hydroxylation sites is 1. The van der Waals surface area contributed by atoms with E-state index < -0.39 is 0 Å². The maximum absolute atomic E-state index is 12.1. The molecule has 2 aromatic rings. The summed E-state index contributed by atoms with van der Waals surface area (Å²) >= 11 is 1.63. The number of benzene rings is 1. The van der Waals surface area contributed by atoms with Gasteiger partial charge in [0.2, 0.25) is 0 Å². The Balaban J connectivity index is 1.59. The van der Waals surface area contributed by atoms with Gasteiger partial charge in [-0.2, -0.15) is 0 Å². The first kappa shape index (κ1) is 15.9. The summed E-state index contributed by atoms with van der Waals surface area (Å²) in [4.78, 5) is 13.2. The van der Waals surface area contributed by atoms with Crippen LogP contribution in [0.2, 0.25) is 0 Å². The summed E-state index contributed by atoms with van der Waals surface area (Å²) in [6, 6.07) is 9.79. The number of ether oxygens (including phenoxy) is 2. The molecule has 0 spiro atoms.